The topological polar surface area (TPSA) is 328 Å². The Labute approximate surface area is 243 Å². The van der Waals surface area contributed by atoms with Crippen molar-refractivity contribution in [1.82, 2.24) is 0 Å². The van der Waals surface area contributed by atoms with Gasteiger partial charge < -0.3 is 99.5 Å². The number of aliphatic hydroxyl groups excluding tert-OH is 13. The predicted molar refractivity (Wildman–Crippen MR) is 128 cm³/mol. The van der Waals surface area contributed by atoms with Crippen molar-refractivity contribution in [2.75, 3.05) is 26.4 Å². The molecular formula is C23H40O20. The van der Waals surface area contributed by atoms with Gasteiger partial charge in [-0.05, 0) is 0 Å². The van der Waals surface area contributed by atoms with E-state index in [2.05, 4.69) is 0 Å². The molecule has 4 aliphatic heterocycles. The van der Waals surface area contributed by atoms with Crippen LogP contribution in [0.3, 0.4) is 0 Å². The van der Waals surface area contributed by atoms with Crippen LogP contribution < -0.4 is 0 Å². The molecule has 0 aromatic heterocycles. The highest BCUT2D eigenvalue weighted by Crippen LogP contribution is 2.33. The molecule has 0 aliphatic carbocycles. The summed E-state index contributed by atoms with van der Waals surface area (Å²) in [5.41, 5.74) is 0. The summed E-state index contributed by atoms with van der Waals surface area (Å²) in [5, 5.41) is 131. The van der Waals surface area contributed by atoms with E-state index in [-0.39, 0.29) is 0 Å². The van der Waals surface area contributed by atoms with Crippen molar-refractivity contribution in [1.29, 1.82) is 0 Å². The summed E-state index contributed by atoms with van der Waals surface area (Å²) in [6, 6.07) is 0. The molecule has 19 atom stereocenters. The highest BCUT2D eigenvalue weighted by molar-refractivity contribution is 4.96. The number of ether oxygens (including phenoxy) is 7. The van der Waals surface area contributed by atoms with Crippen LogP contribution in [0.1, 0.15) is 0 Å². The van der Waals surface area contributed by atoms with Crippen LogP contribution in [0.5, 0.6) is 0 Å². The lowest BCUT2D eigenvalue weighted by molar-refractivity contribution is -0.394. The third-order valence-electron chi connectivity index (χ3n) is 7.84. The zero-order valence-electron chi connectivity index (χ0n) is 22.5. The van der Waals surface area contributed by atoms with Gasteiger partial charge in [0.2, 0.25) is 0 Å². The van der Waals surface area contributed by atoms with Crippen LogP contribution in [-0.2, 0) is 33.2 Å². The zero-order valence-corrected chi connectivity index (χ0v) is 22.5. The second-order valence-corrected chi connectivity index (χ2v) is 10.7. The summed E-state index contributed by atoms with van der Waals surface area (Å²) in [4.78, 5) is 0. The molecule has 0 aromatic rings. The molecule has 4 saturated heterocycles. The molecule has 0 radical (unpaired) electrons. The summed E-state index contributed by atoms with van der Waals surface area (Å²) < 4.78 is 38.2. The zero-order chi connectivity index (χ0) is 31.7. The summed E-state index contributed by atoms with van der Waals surface area (Å²) >= 11 is 0. The van der Waals surface area contributed by atoms with Gasteiger partial charge in [0.05, 0.1) is 26.4 Å². The highest BCUT2D eigenvalue weighted by atomic mass is 16.8. The fourth-order valence-electron chi connectivity index (χ4n) is 5.19. The lowest BCUT2D eigenvalue weighted by atomic mass is 9.96. The Bertz CT molecular complexity index is 869. The molecule has 43 heavy (non-hydrogen) atoms. The van der Waals surface area contributed by atoms with E-state index >= 15 is 0 Å². The predicted octanol–water partition coefficient (Wildman–Crippen LogP) is -9.11. The number of hydrogen-bond acceptors (Lipinski definition) is 20. The molecule has 0 saturated carbocycles. The van der Waals surface area contributed by atoms with Gasteiger partial charge in [-0.1, -0.05) is 0 Å². The maximum absolute atomic E-state index is 10.9. The standard InChI is InChI=1S/C23H40O20/c24-1-5-9(27)13(31)17(35)21(39-5)42-19-15(33)11(29)7(3-26)41-23(19)43-18-14(32)10(28)6(2-25)40-22(18)37-4-8-12(30)16(34)20(36)38-8/h5-36H,1-4H2/t5-,6-,7-,8-,9-,10-,11-,12-,13+,14+,15+,16+,17+,18+,19+,20?,21?,22?,23?/m1/s1. The van der Waals surface area contributed by atoms with Crippen LogP contribution in [-0.4, -0.2) is 210 Å². The Hall–Kier alpha value is -0.800. The van der Waals surface area contributed by atoms with Gasteiger partial charge in [-0.25, -0.2) is 0 Å². The lowest BCUT2D eigenvalue weighted by Gasteiger charge is -2.48. The summed E-state index contributed by atoms with van der Waals surface area (Å²) in [7, 11) is 0. The number of hydrogen-bond donors (Lipinski definition) is 13. The quantitative estimate of drug-likeness (QED) is 0.106. The average molecular weight is 637 g/mol. The smallest absolute Gasteiger partial charge is 0.187 e. The van der Waals surface area contributed by atoms with Crippen molar-refractivity contribution < 1.29 is 99.5 Å². The van der Waals surface area contributed by atoms with Gasteiger partial charge in [0, 0.05) is 0 Å². The molecule has 252 valence electrons. The van der Waals surface area contributed by atoms with E-state index in [1.165, 1.54) is 0 Å². The van der Waals surface area contributed by atoms with Crippen LogP contribution in [0.2, 0.25) is 0 Å². The molecule has 0 aromatic carbocycles. The van der Waals surface area contributed by atoms with Gasteiger partial charge >= 0.3 is 0 Å². The first-order valence-corrected chi connectivity index (χ1v) is 13.5. The fourth-order valence-corrected chi connectivity index (χ4v) is 5.19. The van der Waals surface area contributed by atoms with E-state index in [0.29, 0.717) is 0 Å². The van der Waals surface area contributed by atoms with Crippen LogP contribution >= 0.6 is 0 Å². The SMILES string of the molecule is OC[C@H]1OC(O[C@@H]2C(O[C@@H]3C(OC[C@H]4OC(O)[C@@H](O)[C@@H]4O)O[C@H](CO)[C@@H](O)[C@@H]3O)O[C@H](CO)[C@@H](O)[C@@H]2O)[C@@H](O)[C@@H](O)[C@@H]1O. The van der Waals surface area contributed by atoms with Crippen molar-refractivity contribution >= 4 is 0 Å². The molecule has 13 N–H and O–H groups in total. The number of aliphatic hydroxyl groups is 13. The van der Waals surface area contributed by atoms with E-state index in [0.717, 1.165) is 0 Å². The molecule has 4 unspecified atom stereocenters. The van der Waals surface area contributed by atoms with Crippen LogP contribution in [0.25, 0.3) is 0 Å². The molecule has 4 fully saturated rings. The third-order valence-corrected chi connectivity index (χ3v) is 7.84. The number of rotatable bonds is 10. The summed E-state index contributed by atoms with van der Waals surface area (Å²) in [5.74, 6) is 0. The van der Waals surface area contributed by atoms with E-state index in [4.69, 9.17) is 33.2 Å². The largest absolute Gasteiger partial charge is 0.394 e. The maximum atomic E-state index is 10.9. The van der Waals surface area contributed by atoms with Gasteiger partial charge in [0.25, 0.3) is 0 Å². The van der Waals surface area contributed by atoms with Crippen LogP contribution in [0, 0.1) is 0 Å². The van der Waals surface area contributed by atoms with Crippen molar-refractivity contribution in [3.05, 3.63) is 0 Å². The van der Waals surface area contributed by atoms with Crippen molar-refractivity contribution in [3.8, 4) is 0 Å². The molecule has 4 rings (SSSR count). The van der Waals surface area contributed by atoms with Crippen molar-refractivity contribution in [2.45, 2.75) is 117 Å². The fraction of sp³-hybridized carbons (Fsp3) is 1.00. The first-order chi connectivity index (χ1) is 20.3. The minimum atomic E-state index is -1.95. The van der Waals surface area contributed by atoms with Gasteiger partial charge in [-0.15, -0.1) is 0 Å². The van der Waals surface area contributed by atoms with E-state index < -0.39 is 143 Å². The average Bonchev–Trinajstić information content (AvgIpc) is 3.24. The Morgan fingerprint density at radius 3 is 1.30 bits per heavy atom. The van der Waals surface area contributed by atoms with Gasteiger partial charge in [0.1, 0.15) is 91.6 Å². The first kappa shape index (κ1) is 35.1. The van der Waals surface area contributed by atoms with Crippen molar-refractivity contribution in [2.24, 2.45) is 0 Å². The Morgan fingerprint density at radius 2 is 0.814 bits per heavy atom. The maximum Gasteiger partial charge on any atom is 0.187 e. The van der Waals surface area contributed by atoms with E-state index in [9.17, 15) is 66.4 Å². The molecule has 0 amide bonds. The summed E-state index contributed by atoms with van der Waals surface area (Å²) in [6.07, 6.45) is -32.7. The molecule has 4 heterocycles. The molecule has 4 aliphatic rings. The Morgan fingerprint density at radius 1 is 0.395 bits per heavy atom. The van der Waals surface area contributed by atoms with Gasteiger partial charge in [0.15, 0.2) is 25.2 Å². The third kappa shape index (κ3) is 7.13. The Balaban J connectivity index is 1.56. The second kappa shape index (κ2) is 14.7. The second-order valence-electron chi connectivity index (χ2n) is 10.7. The molecular weight excluding hydrogens is 596 g/mol. The minimum Gasteiger partial charge on any atom is -0.394 e. The van der Waals surface area contributed by atoms with Gasteiger partial charge in [-0.3, -0.25) is 0 Å². The van der Waals surface area contributed by atoms with E-state index in [1.54, 1.807) is 0 Å². The highest BCUT2D eigenvalue weighted by Gasteiger charge is 2.54. The van der Waals surface area contributed by atoms with Gasteiger partial charge in [-0.2, -0.15) is 0 Å². The van der Waals surface area contributed by atoms with E-state index in [1.807, 2.05) is 0 Å². The molecule has 20 nitrogen and oxygen atoms in total. The monoisotopic (exact) mass is 636 g/mol. The molecule has 20 heteroatoms. The lowest BCUT2D eigenvalue weighted by Crippen LogP contribution is -2.67. The van der Waals surface area contributed by atoms with Crippen LogP contribution in [0.4, 0.5) is 0 Å². The minimum absolute atomic E-state index is 0.586. The summed E-state index contributed by atoms with van der Waals surface area (Å²) in [6.45, 7) is -3.06. The first-order valence-electron chi connectivity index (χ1n) is 13.5. The Kier molecular flexibility index (Phi) is 12.0. The van der Waals surface area contributed by atoms with Crippen molar-refractivity contribution in [3.63, 3.8) is 0 Å². The normalized spacial score (nSPS) is 52.8. The molecule has 0 spiro atoms. The molecule has 0 bridgehead atoms. The van der Waals surface area contributed by atoms with Crippen LogP contribution in [0.15, 0.2) is 0 Å².